The summed E-state index contributed by atoms with van der Waals surface area (Å²) in [6, 6.07) is 7.89. The monoisotopic (exact) mass is 546 g/mol. The van der Waals surface area contributed by atoms with E-state index in [1.165, 1.54) is 12.0 Å². The third-order valence-corrected chi connectivity index (χ3v) is 9.10. The van der Waals surface area contributed by atoms with Crippen molar-refractivity contribution in [2.75, 3.05) is 13.2 Å². The molecule has 2 aliphatic heterocycles. The van der Waals surface area contributed by atoms with Crippen LogP contribution < -0.4 is 0 Å². The average molecular weight is 547 g/mol. The van der Waals surface area contributed by atoms with Gasteiger partial charge in [0.05, 0.1) is 12.2 Å². The first kappa shape index (κ1) is 29.3. The van der Waals surface area contributed by atoms with Crippen LogP contribution in [0.15, 0.2) is 42.0 Å². The van der Waals surface area contributed by atoms with Gasteiger partial charge in [-0.3, -0.25) is 4.79 Å². The number of carbonyl (C=O) groups excluding carboxylic acids is 1. The zero-order chi connectivity index (χ0) is 27.7. The molecule has 4 fully saturated rings. The normalized spacial score (nSPS) is 32.9. The zero-order valence-electron chi connectivity index (χ0n) is 24.3. The van der Waals surface area contributed by atoms with Crippen LogP contribution in [-0.2, 0) is 18.9 Å². The molecule has 40 heavy (non-hydrogen) atoms. The van der Waals surface area contributed by atoms with E-state index in [1.807, 2.05) is 25.1 Å². The quantitative estimate of drug-likeness (QED) is 0.174. The summed E-state index contributed by atoms with van der Waals surface area (Å²) in [6.45, 7) is 5.70. The first-order valence-electron chi connectivity index (χ1n) is 15.5. The van der Waals surface area contributed by atoms with Crippen LogP contribution in [0.1, 0.15) is 94.0 Å². The Bertz CT molecular complexity index is 1080. The molecule has 1 aromatic rings. The van der Waals surface area contributed by atoms with Crippen LogP contribution in [0.25, 0.3) is 6.08 Å². The standard InChI is InChI=1S/C35H46O5/c1-3-4-10-25(2)32(39-34-13-5-7-17-37-34)16-15-30-31-22-28(20-26-11-9-12-27(19-26)24-36)21-29(31)23-33(30)40-35-14-6-8-18-38-35/h9,11-12,15-16,19-20,24-25,29-35H,5-8,10,13-14,17-18,21-23H2,1-2H3/t25-,29?,30?,31?,32+,33?,34?,35?/m0/s1. The third-order valence-electron chi connectivity index (χ3n) is 9.10. The molecule has 0 amide bonds. The topological polar surface area (TPSA) is 54.0 Å². The molecule has 2 saturated carbocycles. The van der Waals surface area contributed by atoms with E-state index in [9.17, 15) is 4.79 Å². The average Bonchev–Trinajstić information content (AvgIpc) is 3.51. The highest BCUT2D eigenvalue weighted by Crippen LogP contribution is 2.52. The molecule has 1 aromatic carbocycles. The zero-order valence-corrected chi connectivity index (χ0v) is 24.3. The molecule has 4 aliphatic rings. The van der Waals surface area contributed by atoms with Crippen molar-refractivity contribution < 1.29 is 23.7 Å². The highest BCUT2D eigenvalue weighted by molar-refractivity contribution is 5.76. The van der Waals surface area contributed by atoms with Gasteiger partial charge in [0, 0.05) is 31.1 Å². The largest absolute Gasteiger partial charge is 0.353 e. The Morgan fingerprint density at radius 3 is 2.55 bits per heavy atom. The lowest BCUT2D eigenvalue weighted by Gasteiger charge is -2.31. The van der Waals surface area contributed by atoms with Gasteiger partial charge in [-0.15, -0.1) is 11.8 Å². The minimum absolute atomic E-state index is 0.0444. The van der Waals surface area contributed by atoms with Crippen LogP contribution in [0.2, 0.25) is 0 Å². The molecule has 8 atom stereocenters. The van der Waals surface area contributed by atoms with E-state index < -0.39 is 0 Å². The van der Waals surface area contributed by atoms with Crippen molar-refractivity contribution >= 4 is 12.4 Å². The fraction of sp³-hybridized carbons (Fsp3) is 0.629. The number of carbonyl (C=O) groups is 1. The first-order chi connectivity index (χ1) is 19.6. The number of ether oxygens (including phenoxy) is 4. The van der Waals surface area contributed by atoms with Crippen molar-refractivity contribution in [3.63, 3.8) is 0 Å². The molecule has 6 unspecified atom stereocenters. The summed E-state index contributed by atoms with van der Waals surface area (Å²) in [5.74, 6) is 8.01. The molecular weight excluding hydrogens is 500 g/mol. The Morgan fingerprint density at radius 1 is 1.05 bits per heavy atom. The van der Waals surface area contributed by atoms with E-state index in [1.54, 1.807) is 0 Å². The lowest BCUT2D eigenvalue weighted by molar-refractivity contribution is -0.193. The number of hydrogen-bond acceptors (Lipinski definition) is 5. The first-order valence-corrected chi connectivity index (χ1v) is 15.5. The van der Waals surface area contributed by atoms with Crippen LogP contribution in [0.5, 0.6) is 0 Å². The molecule has 2 heterocycles. The third kappa shape index (κ3) is 7.74. The molecule has 2 saturated heterocycles. The summed E-state index contributed by atoms with van der Waals surface area (Å²) < 4.78 is 25.2. The van der Waals surface area contributed by atoms with Gasteiger partial charge in [0.2, 0.25) is 0 Å². The maximum Gasteiger partial charge on any atom is 0.158 e. The summed E-state index contributed by atoms with van der Waals surface area (Å²) in [5, 5.41) is 0. The highest BCUT2D eigenvalue weighted by Gasteiger charge is 2.47. The van der Waals surface area contributed by atoms with E-state index in [-0.39, 0.29) is 30.7 Å². The molecule has 216 valence electrons. The lowest BCUT2D eigenvalue weighted by Crippen LogP contribution is -2.32. The van der Waals surface area contributed by atoms with E-state index in [0.717, 1.165) is 88.4 Å². The van der Waals surface area contributed by atoms with Crippen molar-refractivity contribution in [1.82, 2.24) is 0 Å². The smallest absolute Gasteiger partial charge is 0.158 e. The molecule has 0 radical (unpaired) electrons. The minimum atomic E-state index is -0.136. The lowest BCUT2D eigenvalue weighted by atomic mass is 9.89. The molecule has 0 aromatic heterocycles. The van der Waals surface area contributed by atoms with Crippen molar-refractivity contribution in [2.45, 2.75) is 103 Å². The van der Waals surface area contributed by atoms with Gasteiger partial charge in [-0.05, 0) is 94.1 Å². The van der Waals surface area contributed by atoms with Crippen LogP contribution in [0.4, 0.5) is 0 Å². The molecule has 2 aliphatic carbocycles. The van der Waals surface area contributed by atoms with Gasteiger partial charge >= 0.3 is 0 Å². The number of allylic oxidation sites excluding steroid dienone is 1. The SMILES string of the molecule is CC#CC[C@H](C)[C@@H](C=CC1C(OC2CCCCO2)CC2CC(=Cc3cccc(C=O)c3)CC21)OC1CCCCO1. The summed E-state index contributed by atoms with van der Waals surface area (Å²) in [5.41, 5.74) is 3.31. The van der Waals surface area contributed by atoms with Gasteiger partial charge in [0.1, 0.15) is 6.29 Å². The maximum absolute atomic E-state index is 11.3. The van der Waals surface area contributed by atoms with Crippen LogP contribution >= 0.6 is 0 Å². The molecule has 5 heteroatoms. The van der Waals surface area contributed by atoms with Gasteiger partial charge < -0.3 is 18.9 Å². The summed E-state index contributed by atoms with van der Waals surface area (Å²) >= 11 is 0. The maximum atomic E-state index is 11.3. The van der Waals surface area contributed by atoms with E-state index >= 15 is 0 Å². The fourth-order valence-corrected chi connectivity index (χ4v) is 6.96. The molecule has 0 bridgehead atoms. The molecule has 5 nitrogen and oxygen atoms in total. The van der Waals surface area contributed by atoms with Crippen molar-refractivity contribution in [3.8, 4) is 11.8 Å². The second kappa shape index (κ2) is 14.6. The number of aldehydes is 1. The van der Waals surface area contributed by atoms with Gasteiger partial charge in [0.15, 0.2) is 12.6 Å². The van der Waals surface area contributed by atoms with Crippen molar-refractivity contribution in [2.24, 2.45) is 23.7 Å². The Labute approximate surface area is 240 Å². The Kier molecular flexibility index (Phi) is 10.7. The second-order valence-electron chi connectivity index (χ2n) is 12.1. The van der Waals surface area contributed by atoms with Crippen LogP contribution in [0.3, 0.4) is 0 Å². The van der Waals surface area contributed by atoms with Gasteiger partial charge in [-0.2, -0.15) is 0 Å². The van der Waals surface area contributed by atoms with Crippen molar-refractivity contribution in [3.05, 3.63) is 53.1 Å². The molecular formula is C35H46O5. The predicted molar refractivity (Wildman–Crippen MR) is 157 cm³/mol. The highest BCUT2D eigenvalue weighted by atomic mass is 16.7. The summed E-state index contributed by atoms with van der Waals surface area (Å²) in [6.07, 6.45) is 18.3. The van der Waals surface area contributed by atoms with Crippen LogP contribution in [0, 0.1) is 35.5 Å². The minimum Gasteiger partial charge on any atom is -0.353 e. The Hall–Kier alpha value is -2.23. The number of fused-ring (bicyclic) bond motifs is 1. The van der Waals surface area contributed by atoms with Crippen LogP contribution in [-0.4, -0.2) is 44.3 Å². The molecule has 0 N–H and O–H groups in total. The van der Waals surface area contributed by atoms with Gasteiger partial charge in [-0.1, -0.05) is 48.9 Å². The van der Waals surface area contributed by atoms with Gasteiger partial charge in [0.25, 0.3) is 0 Å². The second-order valence-corrected chi connectivity index (χ2v) is 12.1. The Balaban J connectivity index is 1.34. The predicted octanol–water partition coefficient (Wildman–Crippen LogP) is 7.36. The molecule has 0 spiro atoms. The number of benzene rings is 1. The Morgan fingerprint density at radius 2 is 1.82 bits per heavy atom. The van der Waals surface area contributed by atoms with E-state index in [0.29, 0.717) is 17.8 Å². The molecule has 5 rings (SSSR count). The number of rotatable bonds is 10. The van der Waals surface area contributed by atoms with Crippen molar-refractivity contribution in [1.29, 1.82) is 0 Å². The van der Waals surface area contributed by atoms with E-state index in [4.69, 9.17) is 18.9 Å². The van der Waals surface area contributed by atoms with E-state index in [2.05, 4.69) is 43.1 Å². The fourth-order valence-electron chi connectivity index (χ4n) is 6.96. The number of hydrogen-bond donors (Lipinski definition) is 0. The summed E-state index contributed by atoms with van der Waals surface area (Å²) in [4.78, 5) is 11.3. The summed E-state index contributed by atoms with van der Waals surface area (Å²) in [7, 11) is 0. The van der Waals surface area contributed by atoms with Gasteiger partial charge in [-0.25, -0.2) is 0 Å².